The van der Waals surface area contributed by atoms with Crippen LogP contribution in [0.15, 0.2) is 18.2 Å². The third-order valence-corrected chi connectivity index (χ3v) is 4.13. The summed E-state index contributed by atoms with van der Waals surface area (Å²) in [5.74, 6) is -1.83. The highest BCUT2D eigenvalue weighted by atomic mass is 19.4. The quantitative estimate of drug-likeness (QED) is 0.852. The van der Waals surface area contributed by atoms with E-state index in [0.717, 1.165) is 5.56 Å². The van der Waals surface area contributed by atoms with Gasteiger partial charge in [0.2, 0.25) is 0 Å². The summed E-state index contributed by atoms with van der Waals surface area (Å²) in [5.41, 5.74) is 1.04. The topological polar surface area (TPSA) is 15.3 Å². The van der Waals surface area contributed by atoms with Crippen molar-refractivity contribution >= 4 is 5.69 Å². The van der Waals surface area contributed by atoms with E-state index in [9.17, 15) is 17.6 Å². The second-order valence-corrected chi connectivity index (χ2v) is 5.55. The second-order valence-electron chi connectivity index (χ2n) is 5.55. The van der Waals surface area contributed by atoms with Crippen molar-refractivity contribution in [1.82, 2.24) is 5.32 Å². The predicted octanol–water partition coefficient (Wildman–Crippen LogP) is 3.88. The van der Waals surface area contributed by atoms with Crippen LogP contribution in [0.5, 0.6) is 0 Å². The lowest BCUT2D eigenvalue weighted by atomic mass is 9.96. The fraction of sp³-hybridized carbons (Fsp3) is 0.600. The van der Waals surface area contributed by atoms with Gasteiger partial charge < -0.3 is 10.2 Å². The van der Waals surface area contributed by atoms with Crippen LogP contribution in [0.25, 0.3) is 0 Å². The SMILES string of the molecule is CNC(C)c1ccc(N2CCCC(C(F)(F)F)C2)c(F)c1. The molecule has 6 heteroatoms. The fourth-order valence-corrected chi connectivity index (χ4v) is 2.68. The second kappa shape index (κ2) is 6.22. The summed E-state index contributed by atoms with van der Waals surface area (Å²) in [6.45, 7) is 2.20. The Morgan fingerprint density at radius 2 is 2.05 bits per heavy atom. The van der Waals surface area contributed by atoms with Gasteiger partial charge in [0.1, 0.15) is 5.82 Å². The summed E-state index contributed by atoms with van der Waals surface area (Å²) in [5, 5.41) is 3.01. The molecule has 0 bridgehead atoms. The van der Waals surface area contributed by atoms with Crippen molar-refractivity contribution in [2.24, 2.45) is 5.92 Å². The standard InChI is InChI=1S/C15H20F4N2/c1-10(20-2)11-5-6-14(13(16)8-11)21-7-3-4-12(9-21)15(17,18)19/h5-6,8,10,12,20H,3-4,7,9H2,1-2H3. The van der Waals surface area contributed by atoms with Crippen molar-refractivity contribution in [2.75, 3.05) is 25.0 Å². The number of hydrogen-bond acceptors (Lipinski definition) is 2. The first-order chi connectivity index (χ1) is 9.82. The Kier molecular flexibility index (Phi) is 4.76. The number of anilines is 1. The average molecular weight is 304 g/mol. The van der Waals surface area contributed by atoms with Crippen LogP contribution < -0.4 is 10.2 Å². The number of nitrogens with one attached hydrogen (secondary N) is 1. The van der Waals surface area contributed by atoms with Gasteiger partial charge in [0, 0.05) is 19.1 Å². The summed E-state index contributed by atoms with van der Waals surface area (Å²) < 4.78 is 52.7. The lowest BCUT2D eigenvalue weighted by Crippen LogP contribution is -2.42. The molecule has 2 nitrogen and oxygen atoms in total. The summed E-state index contributed by atoms with van der Waals surface area (Å²) in [6.07, 6.45) is -3.66. The number of halogens is 4. The Bertz CT molecular complexity index is 487. The molecule has 0 radical (unpaired) electrons. The number of piperidine rings is 1. The van der Waals surface area contributed by atoms with E-state index in [4.69, 9.17) is 0 Å². The zero-order valence-electron chi connectivity index (χ0n) is 12.2. The van der Waals surface area contributed by atoms with Crippen LogP contribution >= 0.6 is 0 Å². The molecule has 0 aliphatic carbocycles. The highest BCUT2D eigenvalue weighted by molar-refractivity contribution is 5.50. The number of benzene rings is 1. The van der Waals surface area contributed by atoms with E-state index in [2.05, 4.69) is 5.32 Å². The minimum atomic E-state index is -4.21. The van der Waals surface area contributed by atoms with E-state index in [-0.39, 0.29) is 24.7 Å². The smallest absolute Gasteiger partial charge is 0.369 e. The number of hydrogen-bond donors (Lipinski definition) is 1. The Morgan fingerprint density at radius 1 is 1.33 bits per heavy atom. The largest absolute Gasteiger partial charge is 0.393 e. The first-order valence-corrected chi connectivity index (χ1v) is 7.11. The molecule has 0 spiro atoms. The highest BCUT2D eigenvalue weighted by Gasteiger charge is 2.42. The molecule has 0 amide bonds. The van der Waals surface area contributed by atoms with Crippen LogP contribution in [0, 0.1) is 11.7 Å². The molecule has 1 aromatic rings. The van der Waals surface area contributed by atoms with Crippen molar-refractivity contribution in [1.29, 1.82) is 0 Å². The van der Waals surface area contributed by atoms with Gasteiger partial charge in [-0.15, -0.1) is 0 Å². The van der Waals surface area contributed by atoms with Crippen LogP contribution in [0.2, 0.25) is 0 Å². The van der Waals surface area contributed by atoms with E-state index in [0.29, 0.717) is 13.0 Å². The molecule has 1 heterocycles. The van der Waals surface area contributed by atoms with E-state index >= 15 is 0 Å². The highest BCUT2D eigenvalue weighted by Crippen LogP contribution is 2.35. The summed E-state index contributed by atoms with van der Waals surface area (Å²) in [7, 11) is 1.77. The molecule has 118 valence electrons. The fourth-order valence-electron chi connectivity index (χ4n) is 2.68. The van der Waals surface area contributed by atoms with Gasteiger partial charge in [-0.2, -0.15) is 13.2 Å². The van der Waals surface area contributed by atoms with Gasteiger partial charge in [0.25, 0.3) is 0 Å². The lowest BCUT2D eigenvalue weighted by molar-refractivity contribution is -0.176. The van der Waals surface area contributed by atoms with Gasteiger partial charge in [0.05, 0.1) is 11.6 Å². The molecule has 21 heavy (non-hydrogen) atoms. The van der Waals surface area contributed by atoms with Gasteiger partial charge in [-0.25, -0.2) is 4.39 Å². The number of rotatable bonds is 3. The van der Waals surface area contributed by atoms with E-state index in [1.807, 2.05) is 6.92 Å². The summed E-state index contributed by atoms with van der Waals surface area (Å²) in [4.78, 5) is 1.50. The zero-order chi connectivity index (χ0) is 15.6. The minimum Gasteiger partial charge on any atom is -0.369 e. The molecule has 2 atom stereocenters. The van der Waals surface area contributed by atoms with Crippen LogP contribution in [-0.4, -0.2) is 26.3 Å². The molecule has 1 aliphatic heterocycles. The molecular formula is C15H20F4N2. The van der Waals surface area contributed by atoms with Gasteiger partial charge in [-0.05, 0) is 44.5 Å². The molecule has 2 rings (SSSR count). The Balaban J connectivity index is 2.18. The van der Waals surface area contributed by atoms with Crippen LogP contribution in [0.3, 0.4) is 0 Å². The van der Waals surface area contributed by atoms with Crippen LogP contribution in [0.4, 0.5) is 23.2 Å². The van der Waals surface area contributed by atoms with E-state index in [1.54, 1.807) is 19.2 Å². The minimum absolute atomic E-state index is 0.00201. The zero-order valence-corrected chi connectivity index (χ0v) is 12.2. The van der Waals surface area contributed by atoms with E-state index < -0.39 is 17.9 Å². The lowest BCUT2D eigenvalue weighted by Gasteiger charge is -2.35. The predicted molar refractivity (Wildman–Crippen MR) is 74.9 cm³/mol. The average Bonchev–Trinajstić information content (AvgIpc) is 2.45. The third-order valence-electron chi connectivity index (χ3n) is 4.13. The molecule has 2 unspecified atom stereocenters. The third kappa shape index (κ3) is 3.67. The maximum absolute atomic E-state index is 14.2. The Labute approximate surface area is 122 Å². The van der Waals surface area contributed by atoms with Gasteiger partial charge in [-0.1, -0.05) is 6.07 Å². The van der Waals surface area contributed by atoms with Gasteiger partial charge in [0.15, 0.2) is 0 Å². The van der Waals surface area contributed by atoms with Crippen molar-refractivity contribution in [2.45, 2.75) is 32.0 Å². The van der Waals surface area contributed by atoms with Gasteiger partial charge >= 0.3 is 6.18 Å². The Morgan fingerprint density at radius 3 is 2.62 bits per heavy atom. The molecule has 1 N–H and O–H groups in total. The molecule has 1 aliphatic rings. The number of alkyl halides is 3. The molecule has 1 fully saturated rings. The first kappa shape index (κ1) is 16.1. The van der Waals surface area contributed by atoms with Crippen molar-refractivity contribution in [3.63, 3.8) is 0 Å². The number of nitrogens with zero attached hydrogens (tertiary/aromatic N) is 1. The van der Waals surface area contributed by atoms with Crippen LogP contribution in [0.1, 0.15) is 31.4 Å². The van der Waals surface area contributed by atoms with Crippen molar-refractivity contribution in [3.8, 4) is 0 Å². The van der Waals surface area contributed by atoms with Crippen molar-refractivity contribution < 1.29 is 17.6 Å². The Hall–Kier alpha value is -1.30. The van der Waals surface area contributed by atoms with Gasteiger partial charge in [-0.3, -0.25) is 0 Å². The maximum atomic E-state index is 14.2. The first-order valence-electron chi connectivity index (χ1n) is 7.11. The maximum Gasteiger partial charge on any atom is 0.393 e. The molecule has 1 saturated heterocycles. The summed E-state index contributed by atoms with van der Waals surface area (Å²) in [6, 6.07) is 4.74. The molecule has 0 aromatic heterocycles. The molecular weight excluding hydrogens is 284 g/mol. The van der Waals surface area contributed by atoms with Crippen LogP contribution in [-0.2, 0) is 0 Å². The summed E-state index contributed by atoms with van der Waals surface area (Å²) >= 11 is 0. The molecule has 0 saturated carbocycles. The van der Waals surface area contributed by atoms with E-state index in [1.165, 1.54) is 11.0 Å². The molecule has 1 aromatic carbocycles. The normalized spacial score (nSPS) is 21.4. The monoisotopic (exact) mass is 304 g/mol. The van der Waals surface area contributed by atoms with Crippen molar-refractivity contribution in [3.05, 3.63) is 29.6 Å².